The number of aryl methyl sites for hydroxylation is 3. The minimum atomic E-state index is 0.667. The summed E-state index contributed by atoms with van der Waals surface area (Å²) in [7, 11) is 0. The molecule has 1 heterocycles. The fourth-order valence-electron chi connectivity index (χ4n) is 1.42. The van der Waals surface area contributed by atoms with Crippen LogP contribution in [0.4, 0.5) is 5.69 Å². The molecule has 2 aromatic rings. The molecule has 84 valence electrons. The summed E-state index contributed by atoms with van der Waals surface area (Å²) in [6.45, 7) is 5.87. The van der Waals surface area contributed by atoms with Gasteiger partial charge in [-0.2, -0.15) is 0 Å². The Kier molecular flexibility index (Phi) is 2.92. The Balaban J connectivity index is 2.26. The molecule has 3 nitrogen and oxygen atoms in total. The van der Waals surface area contributed by atoms with Crippen LogP contribution in [0.15, 0.2) is 32.7 Å². The number of nitrogens with zero attached hydrogens (tertiary/aromatic N) is 1. The summed E-state index contributed by atoms with van der Waals surface area (Å²) in [6, 6.07) is 5.93. The average molecular weight is 234 g/mol. The van der Waals surface area contributed by atoms with Gasteiger partial charge in [-0.15, -0.1) is 0 Å². The van der Waals surface area contributed by atoms with Gasteiger partial charge in [0.1, 0.15) is 5.76 Å². The second kappa shape index (κ2) is 4.22. The van der Waals surface area contributed by atoms with Crippen LogP contribution in [0.1, 0.15) is 17.0 Å². The first-order valence-electron chi connectivity index (χ1n) is 5.03. The van der Waals surface area contributed by atoms with Crippen molar-refractivity contribution >= 4 is 17.4 Å². The van der Waals surface area contributed by atoms with Crippen molar-refractivity contribution in [2.75, 3.05) is 5.73 Å². The molecule has 1 aromatic heterocycles. The lowest BCUT2D eigenvalue weighted by atomic mass is 10.2. The number of aromatic nitrogens is 1. The normalized spacial score (nSPS) is 10.7. The Hall–Kier alpha value is -1.42. The molecule has 0 aliphatic rings. The molecule has 16 heavy (non-hydrogen) atoms. The van der Waals surface area contributed by atoms with Crippen molar-refractivity contribution < 1.29 is 4.42 Å². The zero-order valence-corrected chi connectivity index (χ0v) is 10.4. The van der Waals surface area contributed by atoms with Crippen LogP contribution in [-0.2, 0) is 0 Å². The number of oxazole rings is 1. The highest BCUT2D eigenvalue weighted by Gasteiger charge is 2.07. The molecular formula is C12H14N2OS. The second-order valence-corrected chi connectivity index (χ2v) is 4.83. The molecule has 0 unspecified atom stereocenters. The van der Waals surface area contributed by atoms with Gasteiger partial charge in [0.15, 0.2) is 0 Å². The largest absolute Gasteiger partial charge is 0.436 e. The van der Waals surface area contributed by atoms with Crippen molar-refractivity contribution in [1.29, 1.82) is 0 Å². The fraction of sp³-hybridized carbons (Fsp3) is 0.250. The van der Waals surface area contributed by atoms with Crippen LogP contribution < -0.4 is 5.73 Å². The van der Waals surface area contributed by atoms with Crippen LogP contribution in [0, 0.1) is 20.8 Å². The van der Waals surface area contributed by atoms with Gasteiger partial charge in [-0.25, -0.2) is 4.98 Å². The van der Waals surface area contributed by atoms with E-state index in [1.54, 1.807) is 0 Å². The van der Waals surface area contributed by atoms with Crippen LogP contribution in [0.3, 0.4) is 0 Å². The van der Waals surface area contributed by atoms with E-state index in [1.165, 1.54) is 11.8 Å². The fourth-order valence-corrected chi connectivity index (χ4v) is 2.41. The lowest BCUT2D eigenvalue weighted by molar-refractivity contribution is 0.431. The van der Waals surface area contributed by atoms with Crippen molar-refractivity contribution in [3.63, 3.8) is 0 Å². The Morgan fingerprint density at radius 1 is 1.19 bits per heavy atom. The molecule has 0 bridgehead atoms. The minimum Gasteiger partial charge on any atom is -0.436 e. The molecule has 4 heteroatoms. The molecule has 0 saturated heterocycles. The number of anilines is 1. The molecule has 0 fully saturated rings. The van der Waals surface area contributed by atoms with Crippen molar-refractivity contribution in [1.82, 2.24) is 4.98 Å². The van der Waals surface area contributed by atoms with E-state index in [2.05, 4.69) is 11.1 Å². The second-order valence-electron chi connectivity index (χ2n) is 3.80. The highest BCUT2D eigenvalue weighted by molar-refractivity contribution is 7.99. The van der Waals surface area contributed by atoms with Gasteiger partial charge in [-0.3, -0.25) is 0 Å². The molecule has 2 N–H and O–H groups in total. The van der Waals surface area contributed by atoms with Crippen molar-refractivity contribution in [2.24, 2.45) is 0 Å². The highest BCUT2D eigenvalue weighted by atomic mass is 32.2. The molecule has 0 amide bonds. The summed E-state index contributed by atoms with van der Waals surface area (Å²) in [4.78, 5) is 5.37. The maximum Gasteiger partial charge on any atom is 0.260 e. The topological polar surface area (TPSA) is 52.0 Å². The zero-order valence-electron chi connectivity index (χ0n) is 9.57. The molecule has 0 saturated carbocycles. The van der Waals surface area contributed by atoms with Gasteiger partial charge >= 0.3 is 0 Å². The minimum absolute atomic E-state index is 0.667. The first kappa shape index (κ1) is 11.1. The van der Waals surface area contributed by atoms with Gasteiger partial charge in [-0.05, 0) is 56.3 Å². The first-order chi connectivity index (χ1) is 7.54. The van der Waals surface area contributed by atoms with E-state index < -0.39 is 0 Å². The third-order valence-electron chi connectivity index (χ3n) is 2.29. The van der Waals surface area contributed by atoms with Gasteiger partial charge in [0.2, 0.25) is 0 Å². The lowest BCUT2D eigenvalue weighted by Crippen LogP contribution is -1.86. The van der Waals surface area contributed by atoms with Gasteiger partial charge in [0.25, 0.3) is 5.22 Å². The average Bonchev–Trinajstić information content (AvgIpc) is 2.43. The van der Waals surface area contributed by atoms with Crippen LogP contribution in [0.2, 0.25) is 0 Å². The van der Waals surface area contributed by atoms with Gasteiger partial charge < -0.3 is 10.2 Å². The van der Waals surface area contributed by atoms with E-state index in [0.29, 0.717) is 5.22 Å². The third-order valence-corrected chi connectivity index (χ3v) is 3.11. The predicted octanol–water partition coefficient (Wildman–Crippen LogP) is 3.33. The van der Waals surface area contributed by atoms with E-state index in [9.17, 15) is 0 Å². The monoisotopic (exact) mass is 234 g/mol. The molecule has 0 radical (unpaired) electrons. The van der Waals surface area contributed by atoms with Crippen LogP contribution in [0.25, 0.3) is 0 Å². The molecule has 1 aromatic carbocycles. The van der Waals surface area contributed by atoms with Crippen molar-refractivity contribution in [2.45, 2.75) is 30.9 Å². The highest BCUT2D eigenvalue weighted by Crippen LogP contribution is 2.30. The SMILES string of the molecule is Cc1cc(N)cc(Sc2nc(C)c(C)o2)c1. The molecule has 0 aliphatic heterocycles. The number of benzene rings is 1. The first-order valence-corrected chi connectivity index (χ1v) is 5.85. The van der Waals surface area contributed by atoms with E-state index in [-0.39, 0.29) is 0 Å². The summed E-state index contributed by atoms with van der Waals surface area (Å²) < 4.78 is 5.51. The van der Waals surface area contributed by atoms with Crippen LogP contribution >= 0.6 is 11.8 Å². The molecule has 2 rings (SSSR count). The Morgan fingerprint density at radius 3 is 2.50 bits per heavy atom. The number of rotatable bonds is 2. The van der Waals surface area contributed by atoms with Gasteiger partial charge in [0.05, 0.1) is 5.69 Å². The number of nitrogen functional groups attached to an aromatic ring is 1. The van der Waals surface area contributed by atoms with E-state index >= 15 is 0 Å². The Labute approximate surface area is 99.1 Å². The molecule has 0 aliphatic carbocycles. The summed E-state index contributed by atoms with van der Waals surface area (Å²) in [6.07, 6.45) is 0. The van der Waals surface area contributed by atoms with E-state index in [4.69, 9.17) is 10.2 Å². The zero-order chi connectivity index (χ0) is 11.7. The lowest BCUT2D eigenvalue weighted by Gasteiger charge is -2.01. The Morgan fingerprint density at radius 2 is 1.94 bits per heavy atom. The van der Waals surface area contributed by atoms with Crippen LogP contribution in [0.5, 0.6) is 0 Å². The van der Waals surface area contributed by atoms with Gasteiger partial charge in [-0.1, -0.05) is 0 Å². The van der Waals surface area contributed by atoms with E-state index in [0.717, 1.165) is 27.6 Å². The Bertz CT molecular complexity index is 480. The third kappa shape index (κ3) is 2.39. The van der Waals surface area contributed by atoms with Crippen molar-refractivity contribution in [3.05, 3.63) is 35.2 Å². The molecular weight excluding hydrogens is 220 g/mol. The maximum absolute atomic E-state index is 5.78. The standard InChI is InChI=1S/C12H14N2OS/c1-7-4-10(13)6-11(5-7)16-12-14-8(2)9(3)15-12/h4-6H,13H2,1-3H3. The maximum atomic E-state index is 5.78. The van der Waals surface area contributed by atoms with Crippen molar-refractivity contribution in [3.8, 4) is 0 Å². The van der Waals surface area contributed by atoms with Gasteiger partial charge in [0, 0.05) is 10.6 Å². The summed E-state index contributed by atoms with van der Waals surface area (Å²) in [5, 5.41) is 0.667. The number of hydrogen-bond acceptors (Lipinski definition) is 4. The molecule has 0 atom stereocenters. The quantitative estimate of drug-likeness (QED) is 0.810. The van der Waals surface area contributed by atoms with Crippen LogP contribution in [-0.4, -0.2) is 4.98 Å². The summed E-state index contributed by atoms with van der Waals surface area (Å²) in [5.74, 6) is 0.864. The van der Waals surface area contributed by atoms with E-state index in [1.807, 2.05) is 32.9 Å². The summed E-state index contributed by atoms with van der Waals surface area (Å²) in [5.41, 5.74) is 8.62. The smallest absolute Gasteiger partial charge is 0.260 e. The molecule has 0 spiro atoms. The summed E-state index contributed by atoms with van der Waals surface area (Å²) >= 11 is 1.49. The number of hydrogen-bond donors (Lipinski definition) is 1. The number of nitrogens with two attached hydrogens (primary N) is 1. The predicted molar refractivity (Wildman–Crippen MR) is 65.7 cm³/mol.